The molecule has 2 heterocycles. The number of thiophene rings is 1. The lowest BCUT2D eigenvalue weighted by molar-refractivity contribution is -0.136. The van der Waals surface area contributed by atoms with Gasteiger partial charge in [-0.15, -0.1) is 21.5 Å². The second-order valence-electron chi connectivity index (χ2n) is 2.84. The van der Waals surface area contributed by atoms with Gasteiger partial charge in [-0.3, -0.25) is 4.79 Å². The summed E-state index contributed by atoms with van der Waals surface area (Å²) < 4.78 is 5.37. The van der Waals surface area contributed by atoms with E-state index in [-0.39, 0.29) is 6.42 Å². The predicted octanol–water partition coefficient (Wildman–Crippen LogP) is 2.36. The van der Waals surface area contributed by atoms with Gasteiger partial charge in [0.05, 0.1) is 11.3 Å². The van der Waals surface area contributed by atoms with E-state index in [1.54, 1.807) is 0 Å². The normalized spacial score (nSPS) is 10.5. The summed E-state index contributed by atoms with van der Waals surface area (Å²) in [7, 11) is 0. The minimum Gasteiger partial charge on any atom is -0.481 e. The lowest BCUT2D eigenvalue weighted by Gasteiger charge is -1.91. The molecule has 2 aromatic rings. The lowest BCUT2D eigenvalue weighted by Crippen LogP contribution is -1.95. The van der Waals surface area contributed by atoms with Crippen molar-refractivity contribution in [2.75, 3.05) is 5.75 Å². The molecule has 0 saturated carbocycles. The van der Waals surface area contributed by atoms with Gasteiger partial charge in [-0.05, 0) is 11.4 Å². The number of thioether (sulfide) groups is 1. The van der Waals surface area contributed by atoms with Crippen molar-refractivity contribution in [3.8, 4) is 10.8 Å². The molecular weight excluding hydrogens is 248 g/mol. The molecule has 0 aliphatic rings. The van der Waals surface area contributed by atoms with Crippen LogP contribution in [0.15, 0.2) is 27.2 Å². The highest BCUT2D eigenvalue weighted by Crippen LogP contribution is 2.26. The van der Waals surface area contributed by atoms with Crippen LogP contribution >= 0.6 is 23.1 Å². The van der Waals surface area contributed by atoms with E-state index < -0.39 is 5.97 Å². The Labute approximate surface area is 99.5 Å². The SMILES string of the molecule is O=C(O)CCSc1nnc(-c2cccs2)o1. The number of aromatic nitrogens is 2. The van der Waals surface area contributed by atoms with Crippen LogP contribution in [0.4, 0.5) is 0 Å². The third kappa shape index (κ3) is 2.83. The van der Waals surface area contributed by atoms with Gasteiger partial charge in [0, 0.05) is 5.75 Å². The van der Waals surface area contributed by atoms with Gasteiger partial charge in [0.2, 0.25) is 0 Å². The summed E-state index contributed by atoms with van der Waals surface area (Å²) in [5.41, 5.74) is 0. The molecule has 2 aromatic heterocycles. The summed E-state index contributed by atoms with van der Waals surface area (Å²) in [4.78, 5) is 11.2. The Morgan fingerprint density at radius 1 is 1.56 bits per heavy atom. The summed E-state index contributed by atoms with van der Waals surface area (Å²) in [6, 6.07) is 3.80. The number of nitrogens with zero attached hydrogens (tertiary/aromatic N) is 2. The minimum atomic E-state index is -0.828. The van der Waals surface area contributed by atoms with E-state index in [1.165, 1.54) is 23.1 Å². The summed E-state index contributed by atoms with van der Waals surface area (Å²) in [6.45, 7) is 0. The molecule has 0 spiro atoms. The van der Waals surface area contributed by atoms with Gasteiger partial charge in [-0.2, -0.15) is 0 Å². The number of hydrogen-bond donors (Lipinski definition) is 1. The van der Waals surface area contributed by atoms with Gasteiger partial charge in [0.15, 0.2) is 0 Å². The van der Waals surface area contributed by atoms with Crippen LogP contribution in [0.2, 0.25) is 0 Å². The molecule has 0 unspecified atom stereocenters. The average molecular weight is 256 g/mol. The third-order valence-electron chi connectivity index (χ3n) is 1.68. The zero-order valence-corrected chi connectivity index (χ0v) is 9.75. The second-order valence-corrected chi connectivity index (χ2v) is 4.84. The molecular formula is C9H8N2O3S2. The Morgan fingerprint density at radius 2 is 2.44 bits per heavy atom. The van der Waals surface area contributed by atoms with Gasteiger partial charge in [-0.25, -0.2) is 0 Å². The monoisotopic (exact) mass is 256 g/mol. The molecule has 0 saturated heterocycles. The van der Waals surface area contributed by atoms with Gasteiger partial charge in [0.1, 0.15) is 0 Å². The summed E-state index contributed by atoms with van der Waals surface area (Å²) in [5.74, 6) is 0.0832. The first-order chi connectivity index (χ1) is 7.75. The molecule has 16 heavy (non-hydrogen) atoms. The first-order valence-corrected chi connectivity index (χ1v) is 6.34. The van der Waals surface area contributed by atoms with Crippen LogP contribution in [-0.4, -0.2) is 27.0 Å². The number of hydrogen-bond acceptors (Lipinski definition) is 6. The van der Waals surface area contributed by atoms with Crippen LogP contribution in [0.3, 0.4) is 0 Å². The van der Waals surface area contributed by atoms with Crippen LogP contribution in [0.25, 0.3) is 10.8 Å². The number of rotatable bonds is 5. The zero-order valence-electron chi connectivity index (χ0n) is 8.12. The van der Waals surface area contributed by atoms with Crippen LogP contribution in [-0.2, 0) is 4.79 Å². The minimum absolute atomic E-state index is 0.0847. The number of carboxylic acids is 1. The first-order valence-electron chi connectivity index (χ1n) is 4.47. The van der Waals surface area contributed by atoms with Crippen molar-refractivity contribution in [1.82, 2.24) is 10.2 Å². The molecule has 0 aliphatic heterocycles. The standard InChI is InChI=1S/C9H8N2O3S2/c12-7(13)3-5-16-9-11-10-8(14-9)6-2-1-4-15-6/h1-2,4H,3,5H2,(H,12,13). The van der Waals surface area contributed by atoms with E-state index >= 15 is 0 Å². The van der Waals surface area contributed by atoms with Crippen molar-refractivity contribution in [3.05, 3.63) is 17.5 Å². The van der Waals surface area contributed by atoms with Crippen LogP contribution < -0.4 is 0 Å². The maximum Gasteiger partial charge on any atom is 0.304 e. The Balaban J connectivity index is 1.95. The van der Waals surface area contributed by atoms with Crippen LogP contribution in [0, 0.1) is 0 Å². The quantitative estimate of drug-likeness (QED) is 0.827. The van der Waals surface area contributed by atoms with Gasteiger partial charge in [0.25, 0.3) is 11.1 Å². The fraction of sp³-hybridized carbons (Fsp3) is 0.222. The van der Waals surface area contributed by atoms with Crippen LogP contribution in [0.5, 0.6) is 0 Å². The summed E-state index contributed by atoms with van der Waals surface area (Å²) in [6.07, 6.45) is 0.0847. The topological polar surface area (TPSA) is 76.2 Å². The van der Waals surface area contributed by atoms with E-state index in [2.05, 4.69) is 10.2 Å². The van der Waals surface area contributed by atoms with E-state index in [4.69, 9.17) is 9.52 Å². The molecule has 0 aliphatic carbocycles. The van der Waals surface area contributed by atoms with Gasteiger partial charge >= 0.3 is 5.97 Å². The molecule has 2 rings (SSSR count). The van der Waals surface area contributed by atoms with Crippen molar-refractivity contribution in [2.45, 2.75) is 11.6 Å². The predicted molar refractivity (Wildman–Crippen MR) is 60.6 cm³/mol. The highest BCUT2D eigenvalue weighted by Gasteiger charge is 2.09. The Morgan fingerprint density at radius 3 is 3.12 bits per heavy atom. The summed E-state index contributed by atoms with van der Waals surface area (Å²) in [5, 5.41) is 18.5. The summed E-state index contributed by atoms with van der Waals surface area (Å²) >= 11 is 2.77. The number of carbonyl (C=O) groups is 1. The first kappa shape index (κ1) is 11.2. The van der Waals surface area contributed by atoms with Gasteiger partial charge < -0.3 is 9.52 Å². The molecule has 5 nitrogen and oxygen atoms in total. The molecule has 1 N–H and O–H groups in total. The molecule has 0 fully saturated rings. The largest absolute Gasteiger partial charge is 0.481 e. The van der Waals surface area contributed by atoms with Crippen molar-refractivity contribution in [3.63, 3.8) is 0 Å². The fourth-order valence-electron chi connectivity index (χ4n) is 0.994. The highest BCUT2D eigenvalue weighted by atomic mass is 32.2. The lowest BCUT2D eigenvalue weighted by atomic mass is 10.5. The van der Waals surface area contributed by atoms with Crippen molar-refractivity contribution < 1.29 is 14.3 Å². The Bertz CT molecular complexity index is 467. The molecule has 84 valence electrons. The third-order valence-corrected chi connectivity index (χ3v) is 3.36. The zero-order chi connectivity index (χ0) is 11.4. The average Bonchev–Trinajstić information content (AvgIpc) is 2.85. The number of aliphatic carboxylic acids is 1. The number of carboxylic acid groups (broad SMARTS) is 1. The van der Waals surface area contributed by atoms with E-state index in [9.17, 15) is 4.79 Å². The van der Waals surface area contributed by atoms with Crippen molar-refractivity contribution in [2.24, 2.45) is 0 Å². The molecule has 0 aromatic carbocycles. The highest BCUT2D eigenvalue weighted by molar-refractivity contribution is 7.99. The van der Waals surface area contributed by atoms with Gasteiger partial charge in [-0.1, -0.05) is 17.8 Å². The Hall–Kier alpha value is -1.34. The van der Waals surface area contributed by atoms with E-state index in [0.717, 1.165) is 4.88 Å². The molecule has 7 heteroatoms. The van der Waals surface area contributed by atoms with E-state index in [0.29, 0.717) is 16.9 Å². The smallest absolute Gasteiger partial charge is 0.304 e. The molecule has 0 amide bonds. The molecule has 0 atom stereocenters. The Kier molecular flexibility index (Phi) is 3.58. The maximum absolute atomic E-state index is 10.3. The van der Waals surface area contributed by atoms with Crippen LogP contribution in [0.1, 0.15) is 6.42 Å². The van der Waals surface area contributed by atoms with E-state index in [1.807, 2.05) is 17.5 Å². The van der Waals surface area contributed by atoms with Crippen molar-refractivity contribution >= 4 is 29.1 Å². The maximum atomic E-state index is 10.3. The fourth-order valence-corrected chi connectivity index (χ4v) is 2.33. The second kappa shape index (κ2) is 5.13. The molecule has 0 bridgehead atoms. The van der Waals surface area contributed by atoms with Crippen molar-refractivity contribution in [1.29, 1.82) is 0 Å². The molecule has 0 radical (unpaired) electrons.